The minimum atomic E-state index is -3.51. The average Bonchev–Trinajstić information content (AvgIpc) is 2.26. The first-order valence-corrected chi connectivity index (χ1v) is 7.83. The summed E-state index contributed by atoms with van der Waals surface area (Å²) in [5.74, 6) is -1.09. The molecule has 0 heterocycles. The van der Waals surface area contributed by atoms with Crippen LogP contribution in [0.3, 0.4) is 0 Å². The number of anilines is 1. The van der Waals surface area contributed by atoms with Gasteiger partial charge in [-0.25, -0.2) is 8.42 Å². The molecule has 10 heteroatoms. The maximum absolute atomic E-state index is 11.5. The van der Waals surface area contributed by atoms with E-state index in [-0.39, 0.29) is 27.7 Å². The molecule has 0 saturated heterocycles. The molecule has 0 aliphatic carbocycles. The van der Waals surface area contributed by atoms with Crippen molar-refractivity contribution in [1.82, 2.24) is 5.32 Å². The van der Waals surface area contributed by atoms with Crippen molar-refractivity contribution in [3.05, 3.63) is 27.7 Å². The van der Waals surface area contributed by atoms with Gasteiger partial charge in [-0.15, -0.1) is 0 Å². The first-order chi connectivity index (χ1) is 9.10. The first-order valence-electron chi connectivity index (χ1n) is 5.18. The van der Waals surface area contributed by atoms with Crippen molar-refractivity contribution in [1.29, 1.82) is 5.41 Å². The van der Waals surface area contributed by atoms with Gasteiger partial charge in [0.1, 0.15) is 0 Å². The number of sulfonamides is 1. The predicted octanol–water partition coefficient (Wildman–Crippen LogP) is 0.917. The molecule has 1 amide bonds. The largest absolute Gasteiger partial charge is 0.370 e. The van der Waals surface area contributed by atoms with Gasteiger partial charge in [-0.2, -0.15) is 0 Å². The summed E-state index contributed by atoms with van der Waals surface area (Å²) in [6.07, 6.45) is 0.733. The molecule has 5 N–H and O–H groups in total. The number of nitrogens with one attached hydrogen (secondary N) is 3. The minimum absolute atomic E-state index is 0.0154. The molecule has 110 valence electrons. The lowest BCUT2D eigenvalue weighted by atomic mass is 10.1. The van der Waals surface area contributed by atoms with Crippen LogP contribution in [0, 0.1) is 5.41 Å². The molecule has 1 aromatic carbocycles. The van der Waals surface area contributed by atoms with Gasteiger partial charge >= 0.3 is 0 Å². The van der Waals surface area contributed by atoms with Crippen LogP contribution in [0.5, 0.6) is 0 Å². The fourth-order valence-electron chi connectivity index (χ4n) is 1.39. The van der Waals surface area contributed by atoms with E-state index in [1.807, 2.05) is 0 Å². The average molecular weight is 339 g/mol. The van der Waals surface area contributed by atoms with E-state index < -0.39 is 21.9 Å². The lowest BCUT2D eigenvalue weighted by Crippen LogP contribution is -2.36. The Balaban J connectivity index is 3.10. The third kappa shape index (κ3) is 4.87. The molecular weight excluding hydrogens is 327 g/mol. The van der Waals surface area contributed by atoms with Crippen LogP contribution in [-0.2, 0) is 21.2 Å². The van der Waals surface area contributed by atoms with Crippen LogP contribution in [0.15, 0.2) is 12.1 Å². The summed E-state index contributed by atoms with van der Waals surface area (Å²) in [6.45, 7) is 0. The molecule has 1 aromatic rings. The molecule has 0 bridgehead atoms. The quantitative estimate of drug-likeness (QED) is 0.481. The van der Waals surface area contributed by atoms with E-state index in [0.29, 0.717) is 0 Å². The zero-order chi connectivity index (χ0) is 15.5. The summed E-state index contributed by atoms with van der Waals surface area (Å²) in [7, 11) is -3.51. The topological polar surface area (TPSA) is 125 Å². The smallest absolute Gasteiger partial charge is 0.231 e. The van der Waals surface area contributed by atoms with Gasteiger partial charge in [0.15, 0.2) is 5.96 Å². The molecular formula is C10H12Cl2N4O3S. The molecule has 20 heavy (non-hydrogen) atoms. The second-order valence-corrected chi connectivity index (χ2v) is 6.43. The standard InChI is InChI=1S/C10H12Cl2N4O3S/c1-20(18,19)16-7-3-2-6(11)5(9(7)12)4-8(17)15-10(13)14/h2-3,16H,4H2,1H3,(H4,13,14,15,17). The van der Waals surface area contributed by atoms with Crippen molar-refractivity contribution in [2.24, 2.45) is 5.73 Å². The summed E-state index contributed by atoms with van der Waals surface area (Å²) in [6, 6.07) is 2.80. The lowest BCUT2D eigenvalue weighted by Gasteiger charge is -2.12. The molecule has 1 rings (SSSR count). The Labute approximate surface area is 126 Å². The van der Waals surface area contributed by atoms with Crippen molar-refractivity contribution in [2.75, 3.05) is 11.0 Å². The third-order valence-electron chi connectivity index (χ3n) is 2.09. The van der Waals surface area contributed by atoms with Gasteiger partial charge in [-0.3, -0.25) is 20.2 Å². The fraction of sp³-hybridized carbons (Fsp3) is 0.200. The summed E-state index contributed by atoms with van der Waals surface area (Å²) in [5.41, 5.74) is 5.38. The minimum Gasteiger partial charge on any atom is -0.370 e. The molecule has 0 aromatic heterocycles. The maximum Gasteiger partial charge on any atom is 0.231 e. The SMILES string of the molecule is CS(=O)(=O)Nc1ccc(Cl)c(CC(=O)NC(=N)N)c1Cl. The number of carbonyl (C=O) groups is 1. The zero-order valence-corrected chi connectivity index (χ0v) is 12.7. The summed E-state index contributed by atoms with van der Waals surface area (Å²) < 4.78 is 24.6. The third-order valence-corrected chi connectivity index (χ3v) is 3.47. The van der Waals surface area contributed by atoms with E-state index in [0.717, 1.165) is 6.26 Å². The van der Waals surface area contributed by atoms with Crippen LogP contribution < -0.4 is 15.8 Å². The highest BCUT2D eigenvalue weighted by atomic mass is 35.5. The second kappa shape index (κ2) is 6.29. The van der Waals surface area contributed by atoms with E-state index >= 15 is 0 Å². The van der Waals surface area contributed by atoms with Crippen molar-refractivity contribution < 1.29 is 13.2 Å². The second-order valence-electron chi connectivity index (χ2n) is 3.90. The Morgan fingerprint density at radius 1 is 1.40 bits per heavy atom. The van der Waals surface area contributed by atoms with Crippen LogP contribution in [0.2, 0.25) is 10.0 Å². The Kier molecular flexibility index (Phi) is 5.21. The Morgan fingerprint density at radius 2 is 2.00 bits per heavy atom. The van der Waals surface area contributed by atoms with Crippen LogP contribution in [-0.4, -0.2) is 26.5 Å². The molecule has 0 saturated carbocycles. The highest BCUT2D eigenvalue weighted by molar-refractivity contribution is 7.92. The lowest BCUT2D eigenvalue weighted by molar-refractivity contribution is -0.119. The molecule has 0 spiro atoms. The number of rotatable bonds is 4. The first kappa shape index (κ1) is 16.5. The van der Waals surface area contributed by atoms with Gasteiger partial charge in [0.2, 0.25) is 15.9 Å². The van der Waals surface area contributed by atoms with Crippen molar-refractivity contribution in [3.8, 4) is 0 Å². The van der Waals surface area contributed by atoms with Crippen molar-refractivity contribution in [2.45, 2.75) is 6.42 Å². The molecule has 7 nitrogen and oxygen atoms in total. The summed E-state index contributed by atoms with van der Waals surface area (Å²) >= 11 is 12.0. The normalized spacial score (nSPS) is 10.9. The zero-order valence-electron chi connectivity index (χ0n) is 10.3. The van der Waals surface area contributed by atoms with Gasteiger partial charge in [0, 0.05) is 10.6 Å². The van der Waals surface area contributed by atoms with Crippen LogP contribution in [0.1, 0.15) is 5.56 Å². The van der Waals surface area contributed by atoms with E-state index in [9.17, 15) is 13.2 Å². The predicted molar refractivity (Wildman–Crippen MR) is 78.7 cm³/mol. The van der Waals surface area contributed by atoms with Crippen molar-refractivity contribution >= 4 is 50.8 Å². The monoisotopic (exact) mass is 338 g/mol. The van der Waals surface area contributed by atoms with Gasteiger partial charge in [-0.1, -0.05) is 23.2 Å². The molecule has 0 aliphatic heterocycles. The molecule has 0 aliphatic rings. The maximum atomic E-state index is 11.5. The summed E-state index contributed by atoms with van der Waals surface area (Å²) in [4.78, 5) is 11.5. The molecule has 0 radical (unpaired) electrons. The fourth-order valence-corrected chi connectivity index (χ4v) is 2.57. The van der Waals surface area contributed by atoms with Gasteiger partial charge in [-0.05, 0) is 12.1 Å². The highest BCUT2D eigenvalue weighted by Gasteiger charge is 2.16. The van der Waals surface area contributed by atoms with Gasteiger partial charge in [0.25, 0.3) is 0 Å². The van der Waals surface area contributed by atoms with Crippen LogP contribution in [0.25, 0.3) is 0 Å². The number of guanidine groups is 1. The number of halogens is 2. The number of amides is 1. The molecule has 0 unspecified atom stereocenters. The number of carbonyl (C=O) groups excluding carboxylic acids is 1. The number of nitrogens with two attached hydrogens (primary N) is 1. The number of hydrogen-bond donors (Lipinski definition) is 4. The van der Waals surface area contributed by atoms with Crippen molar-refractivity contribution in [3.63, 3.8) is 0 Å². The molecule has 0 atom stereocenters. The van der Waals surface area contributed by atoms with E-state index in [1.165, 1.54) is 12.1 Å². The van der Waals surface area contributed by atoms with Crippen LogP contribution >= 0.6 is 23.2 Å². The van der Waals surface area contributed by atoms with Crippen LogP contribution in [0.4, 0.5) is 5.69 Å². The molecule has 0 fully saturated rings. The van der Waals surface area contributed by atoms with E-state index in [1.54, 1.807) is 0 Å². The Bertz CT molecular complexity index is 661. The Hall–Kier alpha value is -1.51. The number of benzene rings is 1. The van der Waals surface area contributed by atoms with Gasteiger partial charge in [0.05, 0.1) is 23.4 Å². The summed E-state index contributed by atoms with van der Waals surface area (Å²) in [5, 5.41) is 9.24. The highest BCUT2D eigenvalue weighted by Crippen LogP contribution is 2.32. The van der Waals surface area contributed by atoms with E-state index in [4.69, 9.17) is 34.3 Å². The Morgan fingerprint density at radius 3 is 2.50 bits per heavy atom. The van der Waals surface area contributed by atoms with Gasteiger partial charge < -0.3 is 5.73 Å². The van der Waals surface area contributed by atoms with E-state index in [2.05, 4.69) is 10.0 Å². The number of hydrogen-bond acceptors (Lipinski definition) is 4.